The summed E-state index contributed by atoms with van der Waals surface area (Å²) in [4.78, 5) is 32.8. The van der Waals surface area contributed by atoms with Gasteiger partial charge in [-0.25, -0.2) is 9.59 Å². The molecule has 0 bridgehead atoms. The third kappa shape index (κ3) is 5.18. The number of hydrogen-bond acceptors (Lipinski definition) is 3. The molecular weight excluding hydrogens is 214 g/mol. The van der Waals surface area contributed by atoms with Crippen LogP contribution in [0.25, 0.3) is 0 Å². The normalized spacial score (nSPS) is 11.8. The molecule has 1 atom stereocenters. The molecule has 0 aromatic rings. The molecule has 7 heteroatoms. The van der Waals surface area contributed by atoms with E-state index in [4.69, 9.17) is 5.11 Å². The van der Waals surface area contributed by atoms with Crippen LogP contribution in [0.4, 0.5) is 4.79 Å². The van der Waals surface area contributed by atoms with Gasteiger partial charge in [-0.2, -0.15) is 0 Å². The molecule has 92 valence electrons. The Morgan fingerprint density at radius 1 is 1.25 bits per heavy atom. The van der Waals surface area contributed by atoms with Crippen LogP contribution >= 0.6 is 0 Å². The summed E-state index contributed by atoms with van der Waals surface area (Å²) in [5.41, 5.74) is 0. The highest BCUT2D eigenvalue weighted by atomic mass is 16.4. The van der Waals surface area contributed by atoms with Crippen LogP contribution < -0.4 is 16.0 Å². The number of hydrogen-bond donors (Lipinski definition) is 4. The molecule has 16 heavy (non-hydrogen) atoms. The fourth-order valence-corrected chi connectivity index (χ4v) is 0.955. The summed E-state index contributed by atoms with van der Waals surface area (Å²) >= 11 is 0. The van der Waals surface area contributed by atoms with Crippen molar-refractivity contribution in [3.05, 3.63) is 0 Å². The first-order valence-corrected chi connectivity index (χ1v) is 4.86. The average molecular weight is 231 g/mol. The lowest BCUT2D eigenvalue weighted by atomic mass is 10.1. The number of carboxylic acid groups (broad SMARTS) is 1. The first kappa shape index (κ1) is 14.2. The van der Waals surface area contributed by atoms with Crippen molar-refractivity contribution < 1.29 is 19.5 Å². The summed E-state index contributed by atoms with van der Waals surface area (Å²) in [6, 6.07) is -1.64. The molecule has 0 unspecified atom stereocenters. The second-order valence-corrected chi connectivity index (χ2v) is 3.56. The quantitative estimate of drug-likeness (QED) is 0.494. The Kier molecular flexibility index (Phi) is 5.91. The van der Waals surface area contributed by atoms with Gasteiger partial charge in [-0.05, 0) is 5.92 Å². The lowest BCUT2D eigenvalue weighted by Gasteiger charge is -2.17. The highest BCUT2D eigenvalue weighted by molar-refractivity contribution is 5.86. The Hall–Kier alpha value is -1.79. The summed E-state index contributed by atoms with van der Waals surface area (Å²) in [5.74, 6) is -1.69. The molecule has 0 heterocycles. The maximum absolute atomic E-state index is 11.2. The first-order chi connectivity index (χ1) is 7.38. The van der Waals surface area contributed by atoms with E-state index in [9.17, 15) is 14.4 Å². The average Bonchev–Trinajstić information content (AvgIpc) is 2.21. The van der Waals surface area contributed by atoms with Crippen LogP contribution in [0.5, 0.6) is 0 Å². The monoisotopic (exact) mass is 231 g/mol. The summed E-state index contributed by atoms with van der Waals surface area (Å²) in [5, 5.41) is 15.6. The van der Waals surface area contributed by atoms with Gasteiger partial charge < -0.3 is 21.1 Å². The van der Waals surface area contributed by atoms with E-state index in [1.165, 1.54) is 7.05 Å². The van der Waals surface area contributed by atoms with Crippen LogP contribution in [0.15, 0.2) is 0 Å². The highest BCUT2D eigenvalue weighted by Crippen LogP contribution is 2.00. The van der Waals surface area contributed by atoms with E-state index in [2.05, 4.69) is 16.0 Å². The number of nitrogens with one attached hydrogen (secondary N) is 3. The molecule has 0 saturated carbocycles. The molecule has 0 rings (SSSR count). The highest BCUT2D eigenvalue weighted by Gasteiger charge is 2.23. The standard InChI is InChI=1S/C9H17N3O4/c1-5(2)7(8(14)15)12-9(16)11-4-6(13)10-3/h5,7H,4H2,1-3H3,(H,10,13)(H,14,15)(H2,11,12,16)/t7-/m0/s1. The van der Waals surface area contributed by atoms with Crippen LogP contribution in [0.3, 0.4) is 0 Å². The van der Waals surface area contributed by atoms with E-state index in [-0.39, 0.29) is 18.4 Å². The van der Waals surface area contributed by atoms with Gasteiger partial charge in [-0.3, -0.25) is 4.79 Å². The molecule has 0 aliphatic rings. The molecule has 0 saturated heterocycles. The number of rotatable bonds is 5. The molecule has 7 nitrogen and oxygen atoms in total. The second kappa shape index (κ2) is 6.65. The Morgan fingerprint density at radius 2 is 1.81 bits per heavy atom. The van der Waals surface area contributed by atoms with Crippen LogP contribution in [-0.2, 0) is 9.59 Å². The SMILES string of the molecule is CNC(=O)CNC(=O)N[C@H](C(=O)O)C(C)C. The molecule has 0 radical (unpaired) electrons. The molecule has 0 aliphatic carbocycles. The molecule has 0 spiro atoms. The van der Waals surface area contributed by atoms with Crippen molar-refractivity contribution in [3.8, 4) is 0 Å². The predicted molar refractivity (Wildman–Crippen MR) is 56.9 cm³/mol. The Balaban J connectivity index is 4.11. The number of carbonyl (C=O) groups excluding carboxylic acids is 2. The lowest BCUT2D eigenvalue weighted by molar-refractivity contribution is -0.140. The number of amides is 3. The van der Waals surface area contributed by atoms with E-state index in [0.717, 1.165) is 0 Å². The van der Waals surface area contributed by atoms with Crippen molar-refractivity contribution in [2.75, 3.05) is 13.6 Å². The maximum Gasteiger partial charge on any atom is 0.326 e. The Labute approximate surface area is 93.6 Å². The minimum atomic E-state index is -1.11. The van der Waals surface area contributed by atoms with Crippen molar-refractivity contribution in [2.24, 2.45) is 5.92 Å². The van der Waals surface area contributed by atoms with Gasteiger partial charge in [-0.15, -0.1) is 0 Å². The molecule has 0 aliphatic heterocycles. The van der Waals surface area contributed by atoms with Gasteiger partial charge in [0, 0.05) is 7.05 Å². The fourth-order valence-electron chi connectivity index (χ4n) is 0.955. The topological polar surface area (TPSA) is 108 Å². The van der Waals surface area contributed by atoms with Crippen molar-refractivity contribution >= 4 is 17.9 Å². The summed E-state index contributed by atoms with van der Waals surface area (Å²) in [7, 11) is 1.44. The number of aliphatic carboxylic acids is 1. The molecule has 4 N–H and O–H groups in total. The third-order valence-electron chi connectivity index (χ3n) is 1.91. The van der Waals surface area contributed by atoms with Gasteiger partial charge in [0.1, 0.15) is 6.04 Å². The zero-order valence-corrected chi connectivity index (χ0v) is 9.53. The minimum Gasteiger partial charge on any atom is -0.480 e. The van der Waals surface area contributed by atoms with Crippen molar-refractivity contribution in [1.82, 2.24) is 16.0 Å². The molecule has 0 fully saturated rings. The summed E-state index contributed by atoms with van der Waals surface area (Å²) in [6.45, 7) is 3.17. The molecule has 0 aromatic carbocycles. The minimum absolute atomic E-state index is 0.188. The lowest BCUT2D eigenvalue weighted by Crippen LogP contribution is -2.50. The molecule has 0 aromatic heterocycles. The van der Waals surface area contributed by atoms with E-state index in [1.807, 2.05) is 0 Å². The summed E-state index contributed by atoms with van der Waals surface area (Å²) < 4.78 is 0. The Morgan fingerprint density at radius 3 is 2.19 bits per heavy atom. The maximum atomic E-state index is 11.2. The van der Waals surface area contributed by atoms with E-state index < -0.39 is 18.0 Å². The van der Waals surface area contributed by atoms with Crippen molar-refractivity contribution in [2.45, 2.75) is 19.9 Å². The number of carbonyl (C=O) groups is 3. The van der Waals surface area contributed by atoms with Gasteiger partial charge >= 0.3 is 12.0 Å². The largest absolute Gasteiger partial charge is 0.480 e. The second-order valence-electron chi connectivity index (χ2n) is 3.56. The van der Waals surface area contributed by atoms with Crippen molar-refractivity contribution in [1.29, 1.82) is 0 Å². The summed E-state index contributed by atoms with van der Waals surface area (Å²) in [6.07, 6.45) is 0. The predicted octanol–water partition coefficient (Wildman–Crippen LogP) is -0.859. The van der Waals surface area contributed by atoms with Gasteiger partial charge in [0.15, 0.2) is 0 Å². The van der Waals surface area contributed by atoms with Crippen molar-refractivity contribution in [3.63, 3.8) is 0 Å². The van der Waals surface area contributed by atoms with Crippen LogP contribution in [0.1, 0.15) is 13.8 Å². The van der Waals surface area contributed by atoms with E-state index in [1.54, 1.807) is 13.8 Å². The first-order valence-electron chi connectivity index (χ1n) is 4.86. The zero-order valence-electron chi connectivity index (χ0n) is 9.53. The zero-order chi connectivity index (χ0) is 12.7. The van der Waals surface area contributed by atoms with Crippen LogP contribution in [-0.4, -0.2) is 42.6 Å². The van der Waals surface area contributed by atoms with Crippen LogP contribution in [0, 0.1) is 5.92 Å². The van der Waals surface area contributed by atoms with E-state index >= 15 is 0 Å². The van der Waals surface area contributed by atoms with Gasteiger partial charge in [0.2, 0.25) is 5.91 Å². The number of urea groups is 1. The number of carboxylic acids is 1. The smallest absolute Gasteiger partial charge is 0.326 e. The Bertz CT molecular complexity index is 278. The van der Waals surface area contributed by atoms with Gasteiger partial charge in [-0.1, -0.05) is 13.8 Å². The molecule has 3 amide bonds. The number of likely N-dealkylation sites (N-methyl/N-ethyl adjacent to an activating group) is 1. The van der Waals surface area contributed by atoms with Gasteiger partial charge in [0.25, 0.3) is 0 Å². The van der Waals surface area contributed by atoms with E-state index in [0.29, 0.717) is 0 Å². The fraction of sp³-hybridized carbons (Fsp3) is 0.667. The third-order valence-corrected chi connectivity index (χ3v) is 1.91. The van der Waals surface area contributed by atoms with Crippen LogP contribution in [0.2, 0.25) is 0 Å². The molecular formula is C9H17N3O4. The van der Waals surface area contributed by atoms with Gasteiger partial charge in [0.05, 0.1) is 6.54 Å².